The molecule has 0 aliphatic carbocycles. The molecular weight excluding hydrogens is 502 g/mol. The zero-order chi connectivity index (χ0) is 27.2. The van der Waals surface area contributed by atoms with E-state index in [0.29, 0.717) is 33.6 Å². The van der Waals surface area contributed by atoms with Gasteiger partial charge in [0.15, 0.2) is 0 Å². The minimum Gasteiger partial charge on any atom is -0.340 e. The van der Waals surface area contributed by atoms with E-state index in [1.54, 1.807) is 18.3 Å². The minimum atomic E-state index is -0.998. The summed E-state index contributed by atoms with van der Waals surface area (Å²) in [5, 5.41) is 16.8. The number of pyridine rings is 1. The Morgan fingerprint density at radius 1 is 1.26 bits per heavy atom. The molecule has 3 amide bonds. The fourth-order valence-electron chi connectivity index (χ4n) is 5.52. The molecule has 0 saturated carbocycles. The van der Waals surface area contributed by atoms with Gasteiger partial charge in [0, 0.05) is 35.8 Å². The van der Waals surface area contributed by atoms with Gasteiger partial charge in [0.05, 0.1) is 22.0 Å². The largest absolute Gasteiger partial charge is 0.340 e. The summed E-state index contributed by atoms with van der Waals surface area (Å²) in [5.74, 6) is -1.06. The highest BCUT2D eigenvalue weighted by atomic mass is 35.5. The molecule has 3 heterocycles. The third-order valence-corrected chi connectivity index (χ3v) is 7.54. The molecule has 1 aromatic heterocycles. The number of hydrogen-bond donors (Lipinski definition) is 2. The summed E-state index contributed by atoms with van der Waals surface area (Å²) in [6, 6.07) is 14.7. The van der Waals surface area contributed by atoms with Gasteiger partial charge in [-0.15, -0.1) is 0 Å². The summed E-state index contributed by atoms with van der Waals surface area (Å²) in [7, 11) is 0. The Labute approximate surface area is 226 Å². The molecule has 2 aliphatic heterocycles. The molecule has 2 N–H and O–H groups in total. The van der Waals surface area contributed by atoms with Crippen LogP contribution in [0.2, 0.25) is 5.02 Å². The number of para-hydroxylation sites is 1. The van der Waals surface area contributed by atoms with Gasteiger partial charge < -0.3 is 15.5 Å². The van der Waals surface area contributed by atoms with E-state index in [2.05, 4.69) is 21.7 Å². The average molecular weight is 530 g/mol. The van der Waals surface area contributed by atoms with Crippen LogP contribution in [0.3, 0.4) is 0 Å². The molecule has 9 heteroatoms. The third-order valence-electron chi connectivity index (χ3n) is 7.26. The van der Waals surface area contributed by atoms with Gasteiger partial charge >= 0.3 is 0 Å². The van der Waals surface area contributed by atoms with Gasteiger partial charge in [0.25, 0.3) is 5.91 Å². The first-order valence-corrected chi connectivity index (χ1v) is 12.9. The van der Waals surface area contributed by atoms with Crippen molar-refractivity contribution in [3.8, 4) is 6.07 Å². The number of nitriles is 1. The number of nitrogens with zero attached hydrogens (tertiary/aromatic N) is 3. The van der Waals surface area contributed by atoms with Crippen LogP contribution in [0, 0.1) is 16.7 Å². The average Bonchev–Trinajstić information content (AvgIpc) is 3.40. The molecule has 2 aromatic carbocycles. The van der Waals surface area contributed by atoms with Crippen LogP contribution in [0.4, 0.5) is 5.69 Å². The number of carbonyl (C=O) groups excluding carboxylic acids is 3. The monoisotopic (exact) mass is 529 g/mol. The van der Waals surface area contributed by atoms with Crippen LogP contribution in [0.25, 0.3) is 10.9 Å². The van der Waals surface area contributed by atoms with Crippen molar-refractivity contribution in [3.63, 3.8) is 0 Å². The smallest absolute Gasteiger partial charge is 0.252 e. The number of halogens is 1. The zero-order valence-corrected chi connectivity index (χ0v) is 22.2. The molecule has 5 rings (SSSR count). The van der Waals surface area contributed by atoms with Gasteiger partial charge in [-0.05, 0) is 41.7 Å². The van der Waals surface area contributed by atoms with Crippen molar-refractivity contribution in [2.75, 3.05) is 11.9 Å². The standard InChI is InChI=1S/C29H28ClN5O3/c1-28(2,3)14-23(33-25(36)18-11-17-7-6-10-32-24(17)21(30)12-18)26(37)35-16-29(13-19(35)15-31)20-8-4-5-9-22(20)34-27(29)38/h4-12,19,23H,13-14,16H2,1-3H3,(H,33,36)(H,34,38)/t19-,23-,29-/m0/s1. The van der Waals surface area contributed by atoms with E-state index in [0.717, 1.165) is 5.56 Å². The lowest BCUT2D eigenvalue weighted by Gasteiger charge is -2.31. The number of amides is 3. The predicted octanol–water partition coefficient (Wildman–Crippen LogP) is 4.44. The van der Waals surface area contributed by atoms with Gasteiger partial charge in [0.1, 0.15) is 12.1 Å². The molecule has 1 saturated heterocycles. The summed E-state index contributed by atoms with van der Waals surface area (Å²) in [6.07, 6.45) is 2.16. The summed E-state index contributed by atoms with van der Waals surface area (Å²) in [4.78, 5) is 46.2. The van der Waals surface area contributed by atoms with Gasteiger partial charge in [-0.1, -0.05) is 56.6 Å². The van der Waals surface area contributed by atoms with Crippen molar-refractivity contribution < 1.29 is 14.4 Å². The topological polar surface area (TPSA) is 115 Å². The lowest BCUT2D eigenvalue weighted by molar-refractivity contribution is -0.134. The first-order chi connectivity index (χ1) is 18.0. The molecular formula is C29H28ClN5O3. The van der Waals surface area contributed by atoms with Crippen molar-refractivity contribution in [2.45, 2.75) is 51.1 Å². The second-order valence-electron chi connectivity index (χ2n) is 11.2. The number of fused-ring (bicyclic) bond motifs is 3. The number of carbonyl (C=O) groups is 3. The third kappa shape index (κ3) is 4.48. The second kappa shape index (κ2) is 9.41. The van der Waals surface area contributed by atoms with E-state index >= 15 is 0 Å². The Morgan fingerprint density at radius 2 is 2.03 bits per heavy atom. The van der Waals surface area contributed by atoms with Crippen LogP contribution in [-0.4, -0.2) is 46.2 Å². The highest BCUT2D eigenvalue weighted by Crippen LogP contribution is 2.46. The van der Waals surface area contributed by atoms with Crippen molar-refractivity contribution in [1.29, 1.82) is 5.26 Å². The Kier molecular flexibility index (Phi) is 6.36. The molecule has 8 nitrogen and oxygen atoms in total. The molecule has 2 aliphatic rings. The molecule has 0 bridgehead atoms. The summed E-state index contributed by atoms with van der Waals surface area (Å²) in [6.45, 7) is 6.00. The van der Waals surface area contributed by atoms with E-state index < -0.39 is 23.4 Å². The quantitative estimate of drug-likeness (QED) is 0.518. The Bertz CT molecular complexity index is 1510. The maximum absolute atomic E-state index is 14.0. The van der Waals surface area contributed by atoms with Crippen molar-refractivity contribution >= 4 is 45.9 Å². The Morgan fingerprint density at radius 3 is 2.76 bits per heavy atom. The lowest BCUT2D eigenvalue weighted by Crippen LogP contribution is -2.52. The molecule has 1 fully saturated rings. The summed E-state index contributed by atoms with van der Waals surface area (Å²) in [5.41, 5.74) is 1.07. The van der Waals surface area contributed by atoms with Crippen LogP contribution in [0.5, 0.6) is 0 Å². The second-order valence-corrected chi connectivity index (χ2v) is 11.6. The van der Waals surface area contributed by atoms with Gasteiger partial charge in [-0.3, -0.25) is 19.4 Å². The van der Waals surface area contributed by atoms with E-state index in [4.69, 9.17) is 11.6 Å². The van der Waals surface area contributed by atoms with Gasteiger partial charge in [0.2, 0.25) is 11.8 Å². The van der Waals surface area contributed by atoms with Crippen LogP contribution in [0.15, 0.2) is 54.7 Å². The van der Waals surface area contributed by atoms with E-state index in [1.807, 2.05) is 51.1 Å². The van der Waals surface area contributed by atoms with Crippen molar-refractivity contribution in [2.24, 2.45) is 5.41 Å². The van der Waals surface area contributed by atoms with Gasteiger partial charge in [-0.25, -0.2) is 0 Å². The summed E-state index contributed by atoms with van der Waals surface area (Å²) < 4.78 is 0. The number of likely N-dealkylation sites (tertiary alicyclic amines) is 1. The first kappa shape index (κ1) is 25.7. The molecule has 0 radical (unpaired) electrons. The molecule has 3 atom stereocenters. The Hall–Kier alpha value is -3.96. The number of benzene rings is 2. The predicted molar refractivity (Wildman–Crippen MR) is 145 cm³/mol. The maximum atomic E-state index is 14.0. The number of aromatic nitrogens is 1. The highest BCUT2D eigenvalue weighted by molar-refractivity contribution is 6.35. The lowest BCUT2D eigenvalue weighted by atomic mass is 9.80. The number of nitrogens with one attached hydrogen (secondary N) is 2. The van der Waals surface area contributed by atoms with Crippen LogP contribution >= 0.6 is 11.6 Å². The van der Waals surface area contributed by atoms with E-state index in [9.17, 15) is 19.6 Å². The van der Waals surface area contributed by atoms with E-state index in [-0.39, 0.29) is 30.2 Å². The normalized spacial score (nSPS) is 21.2. The SMILES string of the molecule is CC(C)(C)C[C@H](NC(=O)c1cc(Cl)c2ncccc2c1)C(=O)N1C[C@]2(C[C@H]1C#N)C(=O)Nc1ccccc12. The maximum Gasteiger partial charge on any atom is 0.252 e. The Balaban J connectivity index is 1.45. The first-order valence-electron chi connectivity index (χ1n) is 12.5. The number of anilines is 1. The van der Waals surface area contributed by atoms with E-state index in [1.165, 1.54) is 11.0 Å². The van der Waals surface area contributed by atoms with Crippen LogP contribution in [0.1, 0.15) is 49.5 Å². The molecule has 1 spiro atoms. The summed E-state index contributed by atoms with van der Waals surface area (Å²) >= 11 is 6.39. The van der Waals surface area contributed by atoms with Crippen molar-refractivity contribution in [3.05, 3.63) is 70.9 Å². The highest BCUT2D eigenvalue weighted by Gasteiger charge is 2.56. The zero-order valence-electron chi connectivity index (χ0n) is 21.4. The van der Waals surface area contributed by atoms with Crippen LogP contribution in [-0.2, 0) is 15.0 Å². The number of rotatable bonds is 4. The molecule has 194 valence electrons. The number of hydrogen-bond acceptors (Lipinski definition) is 5. The van der Waals surface area contributed by atoms with Crippen molar-refractivity contribution in [1.82, 2.24) is 15.2 Å². The minimum absolute atomic E-state index is 0.0664. The molecule has 0 unspecified atom stereocenters. The fourth-order valence-corrected chi connectivity index (χ4v) is 5.79. The fraction of sp³-hybridized carbons (Fsp3) is 0.345. The molecule has 38 heavy (non-hydrogen) atoms. The van der Waals surface area contributed by atoms with Crippen LogP contribution < -0.4 is 10.6 Å². The molecule has 3 aromatic rings. The van der Waals surface area contributed by atoms with Gasteiger partial charge in [-0.2, -0.15) is 5.26 Å².